The fraction of sp³-hybridized carbons (Fsp3) is 0.381. The molecule has 1 aromatic heterocycles. The van der Waals surface area contributed by atoms with Gasteiger partial charge in [-0.2, -0.15) is 0 Å². The van der Waals surface area contributed by atoms with Gasteiger partial charge in [0.05, 0.1) is 5.69 Å². The van der Waals surface area contributed by atoms with Crippen LogP contribution in [0.15, 0.2) is 68.0 Å². The Morgan fingerprint density at radius 1 is 1.36 bits per heavy atom. The summed E-state index contributed by atoms with van der Waals surface area (Å²) in [5.41, 5.74) is 3.51. The lowest BCUT2D eigenvalue weighted by Crippen LogP contribution is -2.44. The standard InChI is InChI=1S/C21H24BrN5O/c1-2-3-4-8-14-13-24-21(28-14)27-20-25-17-11-6-5-9-15(17)18(26-20)19-16(22)10-7-12-23-19/h3-4,7-8,10,12,18H,2,5-6,9,11,13H2,1H3,(H2,24,25,26,27)/b4-3-,14-8+. The zero-order chi connectivity index (χ0) is 19.3. The Morgan fingerprint density at radius 2 is 2.25 bits per heavy atom. The third-order valence-electron chi connectivity index (χ3n) is 4.90. The Morgan fingerprint density at radius 3 is 3.11 bits per heavy atom. The van der Waals surface area contributed by atoms with E-state index < -0.39 is 0 Å². The van der Waals surface area contributed by atoms with Crippen LogP contribution in [0.1, 0.15) is 50.8 Å². The second-order valence-electron chi connectivity index (χ2n) is 6.90. The van der Waals surface area contributed by atoms with Crippen LogP contribution in [0.2, 0.25) is 0 Å². The van der Waals surface area contributed by atoms with E-state index in [0.717, 1.165) is 35.2 Å². The molecule has 0 bridgehead atoms. The monoisotopic (exact) mass is 441 g/mol. The largest absolute Gasteiger partial charge is 0.428 e. The molecular weight excluding hydrogens is 418 g/mol. The molecule has 2 N–H and O–H groups in total. The van der Waals surface area contributed by atoms with Gasteiger partial charge >= 0.3 is 0 Å². The van der Waals surface area contributed by atoms with Gasteiger partial charge in [0.2, 0.25) is 5.96 Å². The first-order chi connectivity index (χ1) is 13.7. The van der Waals surface area contributed by atoms with Gasteiger partial charge in [0, 0.05) is 16.4 Å². The molecule has 0 saturated heterocycles. The van der Waals surface area contributed by atoms with Crippen LogP contribution in [0.25, 0.3) is 0 Å². The van der Waals surface area contributed by atoms with Crippen LogP contribution >= 0.6 is 15.9 Å². The van der Waals surface area contributed by atoms with E-state index in [1.165, 1.54) is 24.1 Å². The number of amidine groups is 1. The van der Waals surface area contributed by atoms with Crippen molar-refractivity contribution in [3.8, 4) is 0 Å². The average molecular weight is 442 g/mol. The number of guanidine groups is 1. The maximum Gasteiger partial charge on any atom is 0.297 e. The third kappa shape index (κ3) is 4.19. The fourth-order valence-corrected chi connectivity index (χ4v) is 4.02. The van der Waals surface area contributed by atoms with Crippen molar-refractivity contribution in [2.45, 2.75) is 45.1 Å². The van der Waals surface area contributed by atoms with Crippen molar-refractivity contribution < 1.29 is 4.74 Å². The van der Waals surface area contributed by atoms with Crippen molar-refractivity contribution in [2.24, 2.45) is 9.98 Å². The highest BCUT2D eigenvalue weighted by atomic mass is 79.9. The first-order valence-corrected chi connectivity index (χ1v) is 10.6. The van der Waals surface area contributed by atoms with Crippen LogP contribution in [0.5, 0.6) is 0 Å². The molecule has 3 heterocycles. The van der Waals surface area contributed by atoms with Gasteiger partial charge in [-0.05, 0) is 71.8 Å². The molecule has 3 aliphatic rings. The van der Waals surface area contributed by atoms with Crippen LogP contribution in [0.3, 0.4) is 0 Å². The molecule has 1 aliphatic carbocycles. The number of hydrogen-bond donors (Lipinski definition) is 2. The van der Waals surface area contributed by atoms with Gasteiger partial charge in [-0.1, -0.05) is 19.1 Å². The van der Waals surface area contributed by atoms with Crippen LogP contribution in [-0.4, -0.2) is 23.5 Å². The molecule has 4 rings (SSSR count). The number of nitrogens with one attached hydrogen (secondary N) is 2. The van der Waals surface area contributed by atoms with E-state index in [0.29, 0.717) is 18.5 Å². The molecule has 6 nitrogen and oxygen atoms in total. The summed E-state index contributed by atoms with van der Waals surface area (Å²) in [7, 11) is 0. The minimum absolute atomic E-state index is 0.0980. The molecule has 0 spiro atoms. The summed E-state index contributed by atoms with van der Waals surface area (Å²) in [6, 6.07) is 4.32. The lowest BCUT2D eigenvalue weighted by Gasteiger charge is -2.31. The number of pyridine rings is 1. The van der Waals surface area contributed by atoms with Crippen LogP contribution < -0.4 is 10.6 Å². The highest BCUT2D eigenvalue weighted by molar-refractivity contribution is 9.10. The van der Waals surface area contributed by atoms with E-state index in [1.807, 2.05) is 30.5 Å². The quantitative estimate of drug-likeness (QED) is 0.724. The highest BCUT2D eigenvalue weighted by Gasteiger charge is 2.30. The summed E-state index contributed by atoms with van der Waals surface area (Å²) < 4.78 is 6.78. The minimum atomic E-state index is -0.0980. The second kappa shape index (κ2) is 8.73. The lowest BCUT2D eigenvalue weighted by atomic mass is 9.88. The Bertz CT molecular complexity index is 900. The van der Waals surface area contributed by atoms with E-state index in [1.54, 1.807) is 0 Å². The maximum atomic E-state index is 5.80. The first kappa shape index (κ1) is 18.9. The van der Waals surface area contributed by atoms with Gasteiger partial charge in [0.15, 0.2) is 0 Å². The van der Waals surface area contributed by atoms with Gasteiger partial charge in [-0.25, -0.2) is 9.98 Å². The molecule has 7 heteroatoms. The Balaban J connectivity index is 1.54. The predicted octanol–water partition coefficient (Wildman–Crippen LogP) is 4.50. The van der Waals surface area contributed by atoms with Crippen molar-refractivity contribution in [3.05, 3.63) is 63.8 Å². The lowest BCUT2D eigenvalue weighted by molar-refractivity contribution is 0.425. The number of hydrogen-bond acceptors (Lipinski definition) is 6. The van der Waals surface area contributed by atoms with Crippen LogP contribution in [0.4, 0.5) is 0 Å². The zero-order valence-electron chi connectivity index (χ0n) is 15.9. The van der Waals surface area contributed by atoms with Crippen LogP contribution in [-0.2, 0) is 4.74 Å². The van der Waals surface area contributed by atoms with E-state index >= 15 is 0 Å². The summed E-state index contributed by atoms with van der Waals surface area (Å²) in [6.45, 7) is 2.64. The van der Waals surface area contributed by atoms with Crippen LogP contribution in [0, 0.1) is 0 Å². The number of aliphatic imine (C=N–C) groups is 2. The molecule has 1 aromatic rings. The first-order valence-electron chi connectivity index (χ1n) is 9.76. The maximum absolute atomic E-state index is 5.80. The second-order valence-corrected chi connectivity index (χ2v) is 7.76. The van der Waals surface area contributed by atoms with E-state index in [9.17, 15) is 0 Å². The summed E-state index contributed by atoms with van der Waals surface area (Å²) in [5.74, 6) is 1.48. The summed E-state index contributed by atoms with van der Waals surface area (Å²) in [6.07, 6.45) is 13.3. The zero-order valence-corrected chi connectivity index (χ0v) is 17.5. The molecule has 146 valence electrons. The van der Waals surface area contributed by atoms with Crippen molar-refractivity contribution in [1.82, 2.24) is 15.6 Å². The van der Waals surface area contributed by atoms with Gasteiger partial charge in [0.1, 0.15) is 18.3 Å². The number of aromatic nitrogens is 1. The Labute approximate surface area is 173 Å². The number of allylic oxidation sites excluding steroid dienone is 4. The number of halogens is 1. The van der Waals surface area contributed by atoms with Crippen molar-refractivity contribution in [3.63, 3.8) is 0 Å². The van der Waals surface area contributed by atoms with Crippen molar-refractivity contribution in [2.75, 3.05) is 6.54 Å². The topological polar surface area (TPSA) is 70.9 Å². The molecular formula is C21H24BrN5O. The Hall–Kier alpha value is -2.41. The molecule has 0 radical (unpaired) electrons. The summed E-state index contributed by atoms with van der Waals surface area (Å²) in [4.78, 5) is 13.9. The SMILES string of the molecule is CC/C=C\C=C1/CN=C(NC2=NC(c3ncccc3Br)C3=C(CCCC3)N2)O1. The number of ether oxygens (including phenoxy) is 1. The number of nitrogens with zero attached hydrogens (tertiary/aromatic N) is 3. The van der Waals surface area contributed by atoms with Crippen molar-refractivity contribution >= 4 is 27.9 Å². The predicted molar refractivity (Wildman–Crippen MR) is 115 cm³/mol. The average Bonchev–Trinajstić information content (AvgIpc) is 3.15. The number of rotatable bonds is 3. The molecule has 28 heavy (non-hydrogen) atoms. The van der Waals surface area contributed by atoms with Gasteiger partial charge in [-0.15, -0.1) is 0 Å². The molecule has 0 fully saturated rings. The third-order valence-corrected chi connectivity index (χ3v) is 5.57. The van der Waals surface area contributed by atoms with E-state index in [-0.39, 0.29) is 6.04 Å². The van der Waals surface area contributed by atoms with Crippen molar-refractivity contribution in [1.29, 1.82) is 0 Å². The fourth-order valence-electron chi connectivity index (χ4n) is 3.55. The highest BCUT2D eigenvalue weighted by Crippen LogP contribution is 2.39. The van der Waals surface area contributed by atoms with Gasteiger partial charge < -0.3 is 10.1 Å². The molecule has 1 atom stereocenters. The molecule has 0 aromatic carbocycles. The molecule has 1 unspecified atom stereocenters. The smallest absolute Gasteiger partial charge is 0.297 e. The normalized spacial score (nSPS) is 23.2. The van der Waals surface area contributed by atoms with Gasteiger partial charge in [-0.3, -0.25) is 10.3 Å². The Kier molecular flexibility index (Phi) is 5.90. The summed E-state index contributed by atoms with van der Waals surface area (Å²) >= 11 is 3.64. The van der Waals surface area contributed by atoms with Gasteiger partial charge in [0.25, 0.3) is 6.02 Å². The van der Waals surface area contributed by atoms with E-state index in [4.69, 9.17) is 9.73 Å². The minimum Gasteiger partial charge on any atom is -0.428 e. The van der Waals surface area contributed by atoms with E-state index in [2.05, 4.69) is 49.5 Å². The molecule has 2 aliphatic heterocycles. The summed E-state index contributed by atoms with van der Waals surface area (Å²) in [5, 5.41) is 6.66. The molecule has 0 amide bonds. The molecule has 0 saturated carbocycles.